The van der Waals surface area contributed by atoms with Crippen LogP contribution in [0, 0.1) is 23.7 Å². The molecular weight excluding hydrogens is 757 g/mol. The van der Waals surface area contributed by atoms with Crippen LogP contribution in [0.3, 0.4) is 0 Å². The third kappa shape index (κ3) is 7.33. The second-order valence-corrected chi connectivity index (χ2v) is 19.1. The monoisotopic (exact) mass is 796 g/mol. The maximum Gasteiger partial charge on any atom is 0.133 e. The summed E-state index contributed by atoms with van der Waals surface area (Å²) < 4.78 is 24.0. The van der Waals surface area contributed by atoms with E-state index < -0.39 is 0 Å². The summed E-state index contributed by atoms with van der Waals surface area (Å²) in [4.78, 5) is 15.0. The molecule has 0 spiro atoms. The number of pyridine rings is 2. The predicted octanol–water partition coefficient (Wildman–Crippen LogP) is 13.3. The maximum absolute atomic E-state index is 4.89. The molecule has 8 aromatic heterocycles. The van der Waals surface area contributed by atoms with Gasteiger partial charge in [-0.15, -0.1) is 45.3 Å². The van der Waals surface area contributed by atoms with Crippen molar-refractivity contribution < 1.29 is 0 Å². The molecule has 6 nitrogen and oxygen atoms in total. The van der Waals surface area contributed by atoms with Gasteiger partial charge >= 0.3 is 0 Å². The molecule has 0 radical (unpaired) electrons. The lowest BCUT2D eigenvalue weighted by atomic mass is 9.95. The second kappa shape index (κ2) is 16.0. The van der Waals surface area contributed by atoms with Crippen molar-refractivity contribution >= 4 is 110 Å². The average Bonchev–Trinajstić information content (AvgIpc) is 4.00. The minimum atomic E-state index is 0.751. The van der Waals surface area contributed by atoms with Crippen molar-refractivity contribution in [1.82, 2.24) is 27.5 Å². The number of nitrogens with zero attached hydrogens (tertiary/aromatic N) is 6. The van der Waals surface area contributed by atoms with Crippen LogP contribution in [0.25, 0.3) is 62.0 Å². The van der Waals surface area contributed by atoms with Crippen LogP contribution in [-0.4, -0.2) is 27.5 Å². The van der Waals surface area contributed by atoms with Crippen molar-refractivity contribution in [2.45, 2.75) is 91.9 Å². The molecule has 8 aromatic rings. The summed E-state index contributed by atoms with van der Waals surface area (Å²) in [6, 6.07) is 9.33. The molecule has 52 heavy (non-hydrogen) atoms. The highest BCUT2D eigenvalue weighted by Gasteiger charge is 2.20. The van der Waals surface area contributed by atoms with E-state index in [1.54, 1.807) is 22.7 Å². The van der Waals surface area contributed by atoms with Crippen LogP contribution in [0.1, 0.15) is 99.9 Å². The highest BCUT2D eigenvalue weighted by molar-refractivity contribution is 7.30. The van der Waals surface area contributed by atoms with Gasteiger partial charge in [0.2, 0.25) is 0 Å². The first-order valence-corrected chi connectivity index (χ1v) is 23.1. The van der Waals surface area contributed by atoms with Gasteiger partial charge in [-0.1, -0.05) is 90.9 Å². The van der Waals surface area contributed by atoms with Gasteiger partial charge in [-0.3, -0.25) is 9.97 Å². The Kier molecular flexibility index (Phi) is 11.1. The molecule has 0 aliphatic rings. The summed E-state index contributed by atoms with van der Waals surface area (Å²) in [5.41, 5.74) is 6.43. The highest BCUT2D eigenvalue weighted by Crippen LogP contribution is 2.42. The number of aromatic nitrogens is 6. The zero-order valence-electron chi connectivity index (χ0n) is 29.8. The quantitative estimate of drug-likeness (QED) is 0.102. The summed E-state index contributed by atoms with van der Waals surface area (Å²) in [7, 11) is 0. The van der Waals surface area contributed by atoms with Gasteiger partial charge in [0.25, 0.3) is 0 Å². The lowest BCUT2D eigenvalue weighted by Gasteiger charge is -2.12. The van der Waals surface area contributed by atoms with E-state index in [2.05, 4.69) is 81.3 Å². The molecule has 0 saturated heterocycles. The Morgan fingerprint density at radius 2 is 0.962 bits per heavy atom. The fourth-order valence-corrected chi connectivity index (χ4v) is 13.1. The van der Waals surface area contributed by atoms with E-state index in [1.807, 2.05) is 35.1 Å². The molecule has 12 heteroatoms. The van der Waals surface area contributed by atoms with E-state index in [4.69, 9.17) is 9.97 Å². The Morgan fingerprint density at radius 1 is 0.538 bits per heavy atom. The Morgan fingerprint density at radius 3 is 1.37 bits per heavy atom. The van der Waals surface area contributed by atoms with Crippen molar-refractivity contribution in [2.24, 2.45) is 11.8 Å². The minimum absolute atomic E-state index is 0.751. The second-order valence-electron chi connectivity index (χ2n) is 13.6. The fraction of sp³-hybridized carbons (Fsp3) is 0.400. The van der Waals surface area contributed by atoms with Crippen LogP contribution in [0.2, 0.25) is 0 Å². The smallest absolute Gasteiger partial charge is 0.133 e. The molecule has 0 aliphatic heterocycles. The van der Waals surface area contributed by atoms with Gasteiger partial charge in [-0.05, 0) is 48.9 Å². The average molecular weight is 797 g/mol. The van der Waals surface area contributed by atoms with Gasteiger partial charge in [-0.25, -0.2) is 0 Å². The summed E-state index contributed by atoms with van der Waals surface area (Å²) in [6.07, 6.45) is 16.3. The van der Waals surface area contributed by atoms with Crippen LogP contribution in [0.5, 0.6) is 0 Å². The van der Waals surface area contributed by atoms with Gasteiger partial charge in [-0.2, -0.15) is 17.5 Å². The zero-order chi connectivity index (χ0) is 35.6. The van der Waals surface area contributed by atoms with Gasteiger partial charge in [0.1, 0.15) is 33.5 Å². The molecule has 266 valence electrons. The first kappa shape index (κ1) is 35.8. The number of fused-ring (bicyclic) bond motifs is 4. The van der Waals surface area contributed by atoms with Crippen LogP contribution in [-0.2, 0) is 12.8 Å². The van der Waals surface area contributed by atoms with Crippen LogP contribution >= 0.6 is 68.8 Å². The predicted molar refractivity (Wildman–Crippen MR) is 228 cm³/mol. The van der Waals surface area contributed by atoms with E-state index in [1.165, 1.54) is 116 Å². The summed E-state index contributed by atoms with van der Waals surface area (Å²) in [5.74, 6) is 8.20. The first-order chi connectivity index (χ1) is 25.5. The molecule has 0 aromatic carbocycles. The van der Waals surface area contributed by atoms with E-state index in [9.17, 15) is 0 Å². The largest absolute Gasteiger partial charge is 0.252 e. The molecule has 0 saturated carbocycles. The van der Waals surface area contributed by atoms with E-state index in [-0.39, 0.29) is 0 Å². The van der Waals surface area contributed by atoms with Crippen molar-refractivity contribution in [2.75, 3.05) is 0 Å². The third-order valence-corrected chi connectivity index (χ3v) is 15.7. The van der Waals surface area contributed by atoms with Crippen molar-refractivity contribution in [1.29, 1.82) is 0 Å². The normalized spacial score (nSPS) is 13.1. The van der Waals surface area contributed by atoms with Crippen molar-refractivity contribution in [3.8, 4) is 33.0 Å². The van der Waals surface area contributed by atoms with Crippen LogP contribution < -0.4 is 0 Å². The molecular formula is C40H40N6S6. The molecule has 0 bridgehead atoms. The first-order valence-electron chi connectivity index (χ1n) is 18.3. The Bertz CT molecular complexity index is 2300. The lowest BCUT2D eigenvalue weighted by Crippen LogP contribution is -2.01. The molecule has 8 heterocycles. The number of hydrogen-bond acceptors (Lipinski definition) is 12. The van der Waals surface area contributed by atoms with E-state index in [0.717, 1.165) is 66.2 Å². The fourth-order valence-electron chi connectivity index (χ4n) is 6.88. The number of thiophene rings is 4. The maximum atomic E-state index is 4.89. The summed E-state index contributed by atoms with van der Waals surface area (Å²) >= 11 is 9.86. The Hall–Kier alpha value is -3.18. The van der Waals surface area contributed by atoms with Crippen molar-refractivity contribution in [3.63, 3.8) is 0 Å². The molecule has 0 amide bonds. The van der Waals surface area contributed by atoms with Crippen LogP contribution in [0.4, 0.5) is 0 Å². The van der Waals surface area contributed by atoms with E-state index >= 15 is 0 Å². The van der Waals surface area contributed by atoms with Gasteiger partial charge < -0.3 is 0 Å². The molecule has 0 aliphatic carbocycles. The number of hydrogen-bond donors (Lipinski definition) is 0. The standard InChI is InChI=1S/C40H40N6S6/c1-5-9-11-23(7-3)15-27-17-29-31(47-27)19-33(49-29)37-39-35(43-51-45-39)25(21-41-37)13-14-26-22-42-38(40-36(26)44-52-46-40)34-20-32-30(50-34)18-28(48-32)16-24(8-4)12-10-6-2/h17-24H,5-12,15-16H2,1-4H3. The Balaban J connectivity index is 1.03. The molecule has 0 N–H and O–H groups in total. The molecule has 0 fully saturated rings. The van der Waals surface area contributed by atoms with Gasteiger partial charge in [0.05, 0.1) is 44.3 Å². The molecule has 2 atom stereocenters. The van der Waals surface area contributed by atoms with E-state index in [0.29, 0.717) is 0 Å². The molecule has 2 unspecified atom stereocenters. The number of unbranched alkanes of at least 4 members (excludes halogenated alkanes) is 2. The topological polar surface area (TPSA) is 77.3 Å². The zero-order valence-corrected chi connectivity index (χ0v) is 34.7. The van der Waals surface area contributed by atoms with Crippen molar-refractivity contribution in [3.05, 3.63) is 57.5 Å². The van der Waals surface area contributed by atoms with Gasteiger partial charge in [0, 0.05) is 40.9 Å². The molecule has 8 rings (SSSR count). The Labute approximate surface area is 329 Å². The summed E-state index contributed by atoms with van der Waals surface area (Å²) in [6.45, 7) is 9.21. The van der Waals surface area contributed by atoms with Gasteiger partial charge in [0.15, 0.2) is 0 Å². The van der Waals surface area contributed by atoms with Crippen LogP contribution in [0.15, 0.2) is 36.7 Å². The summed E-state index contributed by atoms with van der Waals surface area (Å²) in [5, 5.41) is 0. The minimum Gasteiger partial charge on any atom is -0.252 e. The number of rotatable bonds is 14. The lowest BCUT2D eigenvalue weighted by molar-refractivity contribution is 0.452. The SMILES string of the molecule is CCCCC(CC)Cc1cc2sc(-c3ncc(C#Cc4cnc(-c5cc6sc(CC(CC)CCCC)cc6s5)c5nsnc45)c4nsnc34)cc2s1. The highest BCUT2D eigenvalue weighted by atomic mass is 32.1. The third-order valence-electron chi connectivity index (χ3n) is 9.96.